The average molecular weight is 295 g/mol. The number of hydrogen-bond acceptors (Lipinski definition) is 3. The Morgan fingerprint density at radius 2 is 1.80 bits per heavy atom. The minimum Gasteiger partial charge on any atom is -0.454 e. The first-order chi connectivity index (χ1) is 9.29. The molecular weight excluding hydrogens is 281 g/mol. The summed E-state index contributed by atoms with van der Waals surface area (Å²) >= 11 is 0. The molecule has 0 saturated carbocycles. The number of rotatable bonds is 3. The van der Waals surface area contributed by atoms with Crippen molar-refractivity contribution in [2.75, 3.05) is 0 Å². The lowest BCUT2D eigenvalue weighted by Gasteiger charge is -2.10. The highest BCUT2D eigenvalue weighted by Gasteiger charge is 2.13. The topological polar surface area (TPSA) is 69.4 Å². The third-order valence-electron chi connectivity index (χ3n) is 2.84. The van der Waals surface area contributed by atoms with Gasteiger partial charge in [-0.25, -0.2) is 17.9 Å². The van der Waals surface area contributed by atoms with Gasteiger partial charge in [-0.15, -0.1) is 0 Å². The summed E-state index contributed by atoms with van der Waals surface area (Å²) in [6.45, 7) is 3.23. The predicted molar refractivity (Wildman–Crippen MR) is 73.8 cm³/mol. The minimum absolute atomic E-state index is 0.0227. The highest BCUT2D eigenvalue weighted by molar-refractivity contribution is 7.89. The number of halogens is 1. The van der Waals surface area contributed by atoms with Crippen LogP contribution < -0.4 is 9.88 Å². The van der Waals surface area contributed by atoms with Crippen LogP contribution in [0.15, 0.2) is 41.3 Å². The second-order valence-electron chi connectivity index (χ2n) is 4.46. The van der Waals surface area contributed by atoms with E-state index in [1.165, 1.54) is 24.3 Å². The van der Waals surface area contributed by atoms with E-state index in [9.17, 15) is 12.8 Å². The smallest absolute Gasteiger partial charge is 0.238 e. The van der Waals surface area contributed by atoms with Crippen LogP contribution in [0.1, 0.15) is 11.1 Å². The Hall–Kier alpha value is -1.92. The van der Waals surface area contributed by atoms with Crippen LogP contribution in [0.4, 0.5) is 4.39 Å². The van der Waals surface area contributed by atoms with E-state index in [1.807, 2.05) is 0 Å². The Morgan fingerprint density at radius 3 is 2.40 bits per heavy atom. The fourth-order valence-corrected chi connectivity index (χ4v) is 2.60. The molecule has 2 aromatic carbocycles. The summed E-state index contributed by atoms with van der Waals surface area (Å²) in [6, 6.07) is 9.10. The van der Waals surface area contributed by atoms with Gasteiger partial charge in [0.2, 0.25) is 10.0 Å². The van der Waals surface area contributed by atoms with Crippen LogP contribution in [0, 0.1) is 19.7 Å². The van der Waals surface area contributed by atoms with Gasteiger partial charge in [-0.05, 0) is 49.2 Å². The number of hydrogen-bond donors (Lipinski definition) is 1. The molecule has 106 valence electrons. The zero-order valence-electron chi connectivity index (χ0n) is 11.1. The minimum atomic E-state index is -3.77. The maximum absolute atomic E-state index is 13.8. The molecule has 6 heteroatoms. The molecule has 0 fully saturated rings. The monoisotopic (exact) mass is 295 g/mol. The standard InChI is InChI=1S/C14H14FNO3S/c1-9-4-3-5-12(14(9)15)19-11-6-7-13(10(2)8-11)20(16,17)18/h3-8H,1-2H3,(H2,16,17,18). The summed E-state index contributed by atoms with van der Waals surface area (Å²) in [6.07, 6.45) is 0. The molecule has 2 rings (SSSR count). The Bertz CT molecular complexity index is 757. The lowest BCUT2D eigenvalue weighted by atomic mass is 10.2. The Balaban J connectivity index is 2.36. The van der Waals surface area contributed by atoms with Gasteiger partial charge in [0.15, 0.2) is 11.6 Å². The van der Waals surface area contributed by atoms with Gasteiger partial charge in [-0.2, -0.15) is 0 Å². The molecule has 0 bridgehead atoms. The number of nitrogens with two attached hydrogens (primary N) is 1. The second-order valence-corrected chi connectivity index (χ2v) is 5.99. The van der Waals surface area contributed by atoms with E-state index in [-0.39, 0.29) is 10.6 Å². The van der Waals surface area contributed by atoms with Gasteiger partial charge in [-0.1, -0.05) is 12.1 Å². The van der Waals surface area contributed by atoms with Crippen molar-refractivity contribution in [1.82, 2.24) is 0 Å². The maximum atomic E-state index is 13.8. The van der Waals surface area contributed by atoms with Crippen molar-refractivity contribution in [3.63, 3.8) is 0 Å². The molecule has 2 aromatic rings. The second kappa shape index (κ2) is 5.22. The molecule has 0 spiro atoms. The first kappa shape index (κ1) is 14.5. The maximum Gasteiger partial charge on any atom is 0.238 e. The van der Waals surface area contributed by atoms with Crippen molar-refractivity contribution in [3.05, 3.63) is 53.3 Å². The van der Waals surface area contributed by atoms with Gasteiger partial charge in [-0.3, -0.25) is 0 Å². The van der Waals surface area contributed by atoms with Crippen LogP contribution in [0.3, 0.4) is 0 Å². The van der Waals surface area contributed by atoms with Crippen molar-refractivity contribution in [3.8, 4) is 11.5 Å². The van der Waals surface area contributed by atoms with E-state index >= 15 is 0 Å². The van der Waals surface area contributed by atoms with Gasteiger partial charge in [0.1, 0.15) is 5.75 Å². The molecule has 0 atom stereocenters. The Labute approximate surface area is 117 Å². The first-order valence-corrected chi connectivity index (χ1v) is 7.40. The molecule has 2 N–H and O–H groups in total. The van der Waals surface area contributed by atoms with Crippen LogP contribution in [0.2, 0.25) is 0 Å². The van der Waals surface area contributed by atoms with Gasteiger partial charge in [0.25, 0.3) is 0 Å². The SMILES string of the molecule is Cc1cc(Oc2cccc(C)c2F)ccc1S(N)(=O)=O. The molecular formula is C14H14FNO3S. The summed E-state index contributed by atoms with van der Waals surface area (Å²) in [7, 11) is -3.77. The first-order valence-electron chi connectivity index (χ1n) is 5.85. The Morgan fingerprint density at radius 1 is 1.10 bits per heavy atom. The van der Waals surface area contributed by atoms with E-state index in [0.29, 0.717) is 16.9 Å². The average Bonchev–Trinajstić information content (AvgIpc) is 2.33. The molecule has 0 amide bonds. The van der Waals surface area contributed by atoms with Crippen molar-refractivity contribution in [2.45, 2.75) is 18.7 Å². The third kappa shape index (κ3) is 2.97. The number of aryl methyl sites for hydroxylation is 2. The van der Waals surface area contributed by atoms with E-state index in [0.717, 1.165) is 0 Å². The molecule has 0 aromatic heterocycles. The van der Waals surface area contributed by atoms with Crippen LogP contribution in [-0.2, 0) is 10.0 Å². The Kier molecular flexibility index (Phi) is 3.78. The number of sulfonamides is 1. The fourth-order valence-electron chi connectivity index (χ4n) is 1.83. The van der Waals surface area contributed by atoms with Gasteiger partial charge in [0.05, 0.1) is 4.90 Å². The summed E-state index contributed by atoms with van der Waals surface area (Å²) in [5.41, 5.74) is 0.915. The zero-order valence-corrected chi connectivity index (χ0v) is 11.9. The van der Waals surface area contributed by atoms with Crippen molar-refractivity contribution < 1.29 is 17.5 Å². The van der Waals surface area contributed by atoms with E-state index in [1.54, 1.807) is 26.0 Å². The molecule has 0 radical (unpaired) electrons. The predicted octanol–water partition coefficient (Wildman–Crippen LogP) is 2.88. The molecule has 0 aliphatic rings. The molecule has 0 unspecified atom stereocenters. The highest BCUT2D eigenvalue weighted by atomic mass is 32.2. The van der Waals surface area contributed by atoms with E-state index in [2.05, 4.69) is 0 Å². The van der Waals surface area contributed by atoms with E-state index < -0.39 is 15.8 Å². The summed E-state index contributed by atoms with van der Waals surface area (Å²) in [5, 5.41) is 5.08. The molecule has 4 nitrogen and oxygen atoms in total. The van der Waals surface area contributed by atoms with Crippen LogP contribution in [0.25, 0.3) is 0 Å². The van der Waals surface area contributed by atoms with Crippen LogP contribution in [-0.4, -0.2) is 8.42 Å². The fraction of sp³-hybridized carbons (Fsp3) is 0.143. The summed E-state index contributed by atoms with van der Waals surface area (Å²) in [5.74, 6) is -0.00664. The normalized spacial score (nSPS) is 11.4. The van der Waals surface area contributed by atoms with Crippen molar-refractivity contribution >= 4 is 10.0 Å². The van der Waals surface area contributed by atoms with Crippen molar-refractivity contribution in [2.24, 2.45) is 5.14 Å². The van der Waals surface area contributed by atoms with Gasteiger partial charge >= 0.3 is 0 Å². The van der Waals surface area contributed by atoms with E-state index in [4.69, 9.17) is 9.88 Å². The lowest BCUT2D eigenvalue weighted by molar-refractivity contribution is 0.439. The van der Waals surface area contributed by atoms with Crippen molar-refractivity contribution in [1.29, 1.82) is 0 Å². The third-order valence-corrected chi connectivity index (χ3v) is 3.91. The number of ether oxygens (including phenoxy) is 1. The van der Waals surface area contributed by atoms with Gasteiger partial charge < -0.3 is 4.74 Å². The summed E-state index contributed by atoms with van der Waals surface area (Å²) < 4.78 is 41.8. The molecule has 0 heterocycles. The quantitative estimate of drug-likeness (QED) is 0.946. The molecule has 0 aliphatic heterocycles. The summed E-state index contributed by atoms with van der Waals surface area (Å²) in [4.78, 5) is 0.0227. The molecule has 0 saturated heterocycles. The largest absolute Gasteiger partial charge is 0.454 e. The number of primary sulfonamides is 1. The van der Waals surface area contributed by atoms with Crippen LogP contribution in [0.5, 0.6) is 11.5 Å². The van der Waals surface area contributed by atoms with Crippen LogP contribution >= 0.6 is 0 Å². The van der Waals surface area contributed by atoms with Gasteiger partial charge in [0, 0.05) is 0 Å². The lowest BCUT2D eigenvalue weighted by Crippen LogP contribution is -2.13. The number of benzene rings is 2. The highest BCUT2D eigenvalue weighted by Crippen LogP contribution is 2.28. The zero-order chi connectivity index (χ0) is 14.9. The molecule has 20 heavy (non-hydrogen) atoms. The molecule has 0 aliphatic carbocycles.